The Hall–Kier alpha value is -2.28. The van der Waals surface area contributed by atoms with E-state index in [9.17, 15) is 9.59 Å². The Morgan fingerprint density at radius 3 is 2.91 bits per heavy atom. The molecule has 23 heavy (non-hydrogen) atoms. The van der Waals surface area contributed by atoms with Crippen molar-refractivity contribution in [3.05, 3.63) is 46.4 Å². The number of nitrogens with one attached hydrogen (secondary N) is 2. The fourth-order valence-electron chi connectivity index (χ4n) is 2.00. The van der Waals surface area contributed by atoms with Crippen molar-refractivity contribution in [1.82, 2.24) is 9.97 Å². The topological polar surface area (TPSA) is 84.1 Å². The van der Waals surface area contributed by atoms with Crippen LogP contribution >= 0.6 is 11.8 Å². The lowest BCUT2D eigenvalue weighted by Gasteiger charge is -2.09. The predicted octanol–water partition coefficient (Wildman–Crippen LogP) is 2.46. The van der Waals surface area contributed by atoms with Crippen LogP contribution in [-0.4, -0.2) is 28.7 Å². The SMILES string of the molecule is CCCc1cc(=O)[nH]c(SCC(=O)Nc2ccccc2OC)n1. The van der Waals surface area contributed by atoms with Gasteiger partial charge in [-0.05, 0) is 18.6 Å². The largest absolute Gasteiger partial charge is 0.495 e. The molecule has 7 heteroatoms. The first-order valence-electron chi connectivity index (χ1n) is 7.28. The molecule has 0 spiro atoms. The van der Waals surface area contributed by atoms with E-state index >= 15 is 0 Å². The first-order chi connectivity index (χ1) is 11.1. The minimum absolute atomic E-state index is 0.149. The number of aromatic amines is 1. The average molecular weight is 333 g/mol. The summed E-state index contributed by atoms with van der Waals surface area (Å²) >= 11 is 1.20. The Morgan fingerprint density at radius 2 is 2.17 bits per heavy atom. The predicted molar refractivity (Wildman–Crippen MR) is 91.2 cm³/mol. The van der Waals surface area contributed by atoms with Gasteiger partial charge in [-0.25, -0.2) is 4.98 Å². The zero-order chi connectivity index (χ0) is 16.7. The summed E-state index contributed by atoms with van der Waals surface area (Å²) in [5.74, 6) is 0.557. The molecule has 0 atom stereocenters. The van der Waals surface area contributed by atoms with Crippen molar-refractivity contribution in [2.45, 2.75) is 24.9 Å². The highest BCUT2D eigenvalue weighted by Gasteiger charge is 2.09. The van der Waals surface area contributed by atoms with Gasteiger partial charge in [0, 0.05) is 11.8 Å². The maximum Gasteiger partial charge on any atom is 0.251 e. The summed E-state index contributed by atoms with van der Waals surface area (Å²) in [5.41, 5.74) is 1.15. The van der Waals surface area contributed by atoms with Crippen molar-refractivity contribution in [2.24, 2.45) is 0 Å². The van der Waals surface area contributed by atoms with Crippen molar-refractivity contribution in [1.29, 1.82) is 0 Å². The molecular weight excluding hydrogens is 314 g/mol. The monoisotopic (exact) mass is 333 g/mol. The van der Waals surface area contributed by atoms with Crippen LogP contribution in [0.2, 0.25) is 0 Å². The van der Waals surface area contributed by atoms with E-state index in [1.165, 1.54) is 17.8 Å². The summed E-state index contributed by atoms with van der Waals surface area (Å²) in [5, 5.41) is 3.24. The number of hydrogen-bond acceptors (Lipinski definition) is 5. The van der Waals surface area contributed by atoms with Crippen LogP contribution in [-0.2, 0) is 11.2 Å². The molecule has 1 amide bonds. The van der Waals surface area contributed by atoms with Gasteiger partial charge in [0.15, 0.2) is 5.16 Å². The van der Waals surface area contributed by atoms with Crippen LogP contribution in [0.3, 0.4) is 0 Å². The van der Waals surface area contributed by atoms with Crippen LogP contribution in [0.5, 0.6) is 5.75 Å². The number of aromatic nitrogens is 2. The van der Waals surface area contributed by atoms with Crippen molar-refractivity contribution in [3.63, 3.8) is 0 Å². The molecule has 0 unspecified atom stereocenters. The van der Waals surface area contributed by atoms with Gasteiger partial charge in [0.05, 0.1) is 18.6 Å². The molecular formula is C16H19N3O3S. The van der Waals surface area contributed by atoms with Crippen molar-refractivity contribution in [3.8, 4) is 5.75 Å². The number of rotatable bonds is 7. The second kappa shape index (κ2) is 8.38. The third kappa shape index (κ3) is 5.14. The Kier molecular flexibility index (Phi) is 6.22. The number of carbonyl (C=O) groups excluding carboxylic acids is 1. The summed E-state index contributed by atoms with van der Waals surface area (Å²) in [6.45, 7) is 2.02. The number of hydrogen-bond donors (Lipinski definition) is 2. The van der Waals surface area contributed by atoms with Gasteiger partial charge < -0.3 is 15.0 Å². The highest BCUT2D eigenvalue weighted by Crippen LogP contribution is 2.23. The number of carbonyl (C=O) groups is 1. The molecule has 2 N–H and O–H groups in total. The first kappa shape index (κ1) is 17.1. The van der Waals surface area contributed by atoms with Crippen molar-refractivity contribution >= 4 is 23.4 Å². The Morgan fingerprint density at radius 1 is 1.39 bits per heavy atom. The van der Waals surface area contributed by atoms with E-state index in [1.807, 2.05) is 19.1 Å². The van der Waals surface area contributed by atoms with Gasteiger partial charge >= 0.3 is 0 Å². The van der Waals surface area contributed by atoms with E-state index in [-0.39, 0.29) is 17.2 Å². The molecule has 0 saturated heterocycles. The highest BCUT2D eigenvalue weighted by atomic mass is 32.2. The maximum absolute atomic E-state index is 12.0. The zero-order valence-electron chi connectivity index (χ0n) is 13.1. The summed E-state index contributed by atoms with van der Waals surface area (Å²) < 4.78 is 5.19. The van der Waals surface area contributed by atoms with Crippen LogP contribution in [0.25, 0.3) is 0 Å². The number of aryl methyl sites for hydroxylation is 1. The van der Waals surface area contributed by atoms with Gasteiger partial charge in [-0.2, -0.15) is 0 Å². The van der Waals surface area contributed by atoms with E-state index in [4.69, 9.17) is 4.74 Å². The van der Waals surface area contributed by atoms with Gasteiger partial charge in [-0.15, -0.1) is 0 Å². The third-order valence-corrected chi connectivity index (χ3v) is 3.87. The van der Waals surface area contributed by atoms with Gasteiger partial charge in [0.2, 0.25) is 5.91 Å². The number of thioether (sulfide) groups is 1. The van der Waals surface area contributed by atoms with Crippen LogP contribution in [0.1, 0.15) is 19.0 Å². The third-order valence-electron chi connectivity index (χ3n) is 3.00. The molecule has 122 valence electrons. The Bertz CT molecular complexity index is 731. The maximum atomic E-state index is 12.0. The fraction of sp³-hybridized carbons (Fsp3) is 0.312. The lowest BCUT2D eigenvalue weighted by atomic mass is 10.2. The minimum atomic E-state index is -0.198. The number of anilines is 1. The van der Waals surface area contributed by atoms with Crippen LogP contribution in [0.4, 0.5) is 5.69 Å². The molecule has 0 aliphatic carbocycles. The van der Waals surface area contributed by atoms with Crippen LogP contribution in [0, 0.1) is 0 Å². The van der Waals surface area contributed by atoms with E-state index < -0.39 is 0 Å². The summed E-state index contributed by atoms with van der Waals surface area (Å²) in [6.07, 6.45) is 1.65. The first-order valence-corrected chi connectivity index (χ1v) is 8.27. The normalized spacial score (nSPS) is 10.3. The summed E-state index contributed by atoms with van der Waals surface area (Å²) in [7, 11) is 1.55. The van der Waals surface area contributed by atoms with E-state index in [0.717, 1.165) is 18.5 Å². The van der Waals surface area contributed by atoms with E-state index in [1.54, 1.807) is 19.2 Å². The lowest BCUT2D eigenvalue weighted by molar-refractivity contribution is -0.113. The average Bonchev–Trinajstić information content (AvgIpc) is 2.53. The second-order valence-corrected chi connectivity index (χ2v) is 5.79. The molecule has 0 aliphatic heterocycles. The van der Waals surface area contributed by atoms with Gasteiger partial charge in [0.25, 0.3) is 5.56 Å². The zero-order valence-corrected chi connectivity index (χ0v) is 13.9. The second-order valence-electron chi connectivity index (χ2n) is 4.83. The van der Waals surface area contributed by atoms with Gasteiger partial charge in [0.1, 0.15) is 5.75 Å². The Labute approximate surface area is 138 Å². The van der Waals surface area contributed by atoms with E-state index in [2.05, 4.69) is 15.3 Å². The van der Waals surface area contributed by atoms with Crippen LogP contribution in [0.15, 0.2) is 40.3 Å². The summed E-state index contributed by atoms with van der Waals surface area (Å²) in [6, 6.07) is 8.68. The standard InChI is InChI=1S/C16H19N3O3S/c1-3-6-11-9-14(20)19-16(17-11)23-10-15(21)18-12-7-4-5-8-13(12)22-2/h4-5,7-9H,3,6,10H2,1-2H3,(H,18,21)(H,17,19,20). The molecule has 0 radical (unpaired) electrons. The van der Waals surface area contributed by atoms with Gasteiger partial charge in [-0.3, -0.25) is 9.59 Å². The number of methoxy groups -OCH3 is 1. The molecule has 2 aromatic rings. The quantitative estimate of drug-likeness (QED) is 0.601. The van der Waals surface area contributed by atoms with Crippen molar-refractivity contribution < 1.29 is 9.53 Å². The number of nitrogens with zero attached hydrogens (tertiary/aromatic N) is 1. The molecule has 2 rings (SSSR count). The highest BCUT2D eigenvalue weighted by molar-refractivity contribution is 7.99. The molecule has 6 nitrogen and oxygen atoms in total. The number of benzene rings is 1. The Balaban J connectivity index is 1.98. The molecule has 0 aliphatic rings. The molecule has 1 aromatic heterocycles. The van der Waals surface area contributed by atoms with Crippen molar-refractivity contribution in [2.75, 3.05) is 18.2 Å². The van der Waals surface area contributed by atoms with Crippen LogP contribution < -0.4 is 15.6 Å². The molecule has 1 aromatic carbocycles. The molecule has 0 bridgehead atoms. The molecule has 0 saturated carbocycles. The number of para-hydroxylation sites is 2. The number of H-pyrrole nitrogens is 1. The molecule has 0 fully saturated rings. The smallest absolute Gasteiger partial charge is 0.251 e. The van der Waals surface area contributed by atoms with Gasteiger partial charge in [-0.1, -0.05) is 37.2 Å². The molecule has 1 heterocycles. The van der Waals surface area contributed by atoms with E-state index in [0.29, 0.717) is 16.6 Å². The number of amides is 1. The minimum Gasteiger partial charge on any atom is -0.495 e. The summed E-state index contributed by atoms with van der Waals surface area (Å²) in [4.78, 5) is 30.6. The number of ether oxygens (including phenoxy) is 1. The fourth-order valence-corrected chi connectivity index (χ4v) is 2.70. The lowest BCUT2D eigenvalue weighted by Crippen LogP contribution is -2.16.